The van der Waals surface area contributed by atoms with Crippen molar-refractivity contribution in [3.05, 3.63) is 58.9 Å². The predicted molar refractivity (Wildman–Crippen MR) is 92.0 cm³/mol. The molecule has 1 unspecified atom stereocenters. The van der Waals surface area contributed by atoms with E-state index in [4.69, 9.17) is 9.72 Å². The molecule has 0 N–H and O–H groups in total. The molecule has 23 heavy (non-hydrogen) atoms. The Bertz CT molecular complexity index is 722. The molecule has 3 heteroatoms. The molecule has 2 aromatic rings. The van der Waals surface area contributed by atoms with Crippen LogP contribution in [0.1, 0.15) is 41.3 Å². The molecule has 0 saturated heterocycles. The van der Waals surface area contributed by atoms with Gasteiger partial charge in [-0.2, -0.15) is 0 Å². The maximum absolute atomic E-state index is 5.60. The van der Waals surface area contributed by atoms with Gasteiger partial charge in [-0.3, -0.25) is 9.88 Å². The van der Waals surface area contributed by atoms with Crippen LogP contribution in [0.15, 0.2) is 36.5 Å². The van der Waals surface area contributed by atoms with E-state index in [-0.39, 0.29) is 5.41 Å². The van der Waals surface area contributed by atoms with Crippen LogP contribution in [-0.4, -0.2) is 30.6 Å². The highest BCUT2D eigenvalue weighted by atomic mass is 16.5. The van der Waals surface area contributed by atoms with Crippen molar-refractivity contribution in [2.75, 3.05) is 20.7 Å². The first-order valence-electron chi connectivity index (χ1n) is 8.45. The predicted octanol–water partition coefficient (Wildman–Crippen LogP) is 3.66. The van der Waals surface area contributed by atoms with Gasteiger partial charge < -0.3 is 4.74 Å². The number of hydrogen-bond donors (Lipinski definition) is 0. The molecule has 3 nitrogen and oxygen atoms in total. The zero-order chi connectivity index (χ0) is 16.0. The number of benzene rings is 1. The summed E-state index contributed by atoms with van der Waals surface area (Å²) in [6, 6.07) is 11.3. The van der Waals surface area contributed by atoms with Gasteiger partial charge in [0.1, 0.15) is 5.75 Å². The van der Waals surface area contributed by atoms with E-state index in [1.165, 1.54) is 35.2 Å². The molecule has 1 aromatic carbocycles. The molecule has 2 aliphatic rings. The lowest BCUT2D eigenvalue weighted by molar-refractivity contribution is 0.185. The van der Waals surface area contributed by atoms with Gasteiger partial charge in [-0.25, -0.2) is 0 Å². The Balaban J connectivity index is 1.84. The summed E-state index contributed by atoms with van der Waals surface area (Å²) in [7, 11) is 4.02. The van der Waals surface area contributed by atoms with Crippen LogP contribution >= 0.6 is 0 Å². The number of nitrogens with zero attached hydrogens (tertiary/aromatic N) is 2. The summed E-state index contributed by atoms with van der Waals surface area (Å²) < 4.78 is 5.60. The SMILES string of the molecule is COc1cc2c(cc1C)CCN(C)C2C1(c2ccccn2)CC1. The van der Waals surface area contributed by atoms with Crippen LogP contribution in [0.5, 0.6) is 5.75 Å². The number of aryl methyl sites for hydroxylation is 1. The van der Waals surface area contributed by atoms with Crippen molar-refractivity contribution in [2.45, 2.75) is 37.6 Å². The van der Waals surface area contributed by atoms with E-state index < -0.39 is 0 Å². The Morgan fingerprint density at radius 2 is 2.09 bits per heavy atom. The van der Waals surface area contributed by atoms with Gasteiger partial charge in [0.25, 0.3) is 0 Å². The summed E-state index contributed by atoms with van der Waals surface area (Å²) in [4.78, 5) is 7.21. The molecule has 1 aliphatic heterocycles. The average Bonchev–Trinajstić information content (AvgIpc) is 3.37. The van der Waals surface area contributed by atoms with Gasteiger partial charge in [0.2, 0.25) is 0 Å². The molecule has 1 fully saturated rings. The summed E-state index contributed by atoms with van der Waals surface area (Å²) >= 11 is 0. The van der Waals surface area contributed by atoms with E-state index >= 15 is 0 Å². The zero-order valence-electron chi connectivity index (χ0n) is 14.2. The Hall–Kier alpha value is -1.87. The molecule has 0 bridgehead atoms. The molecule has 0 amide bonds. The van der Waals surface area contributed by atoms with Crippen LogP contribution in [0, 0.1) is 6.92 Å². The van der Waals surface area contributed by atoms with E-state index in [0.29, 0.717) is 6.04 Å². The van der Waals surface area contributed by atoms with Crippen LogP contribution < -0.4 is 4.74 Å². The fourth-order valence-electron chi connectivity index (χ4n) is 4.30. The standard InChI is InChI=1S/C20H24N2O/c1-14-12-15-7-11-22(2)19(16(15)13-17(14)23-3)20(8-9-20)18-6-4-5-10-21-18/h4-6,10,12-13,19H,7-9,11H2,1-3H3. The van der Waals surface area contributed by atoms with Crippen molar-refractivity contribution in [1.82, 2.24) is 9.88 Å². The number of rotatable bonds is 3. The van der Waals surface area contributed by atoms with Crippen molar-refractivity contribution in [3.8, 4) is 5.75 Å². The number of methoxy groups -OCH3 is 1. The minimum Gasteiger partial charge on any atom is -0.496 e. The Kier molecular flexibility index (Phi) is 3.42. The van der Waals surface area contributed by atoms with Crippen LogP contribution in [0.25, 0.3) is 0 Å². The molecule has 1 aromatic heterocycles. The molecule has 0 spiro atoms. The highest BCUT2D eigenvalue weighted by Crippen LogP contribution is 2.59. The number of ether oxygens (including phenoxy) is 1. The van der Waals surface area contributed by atoms with Crippen molar-refractivity contribution >= 4 is 0 Å². The number of aromatic nitrogens is 1. The summed E-state index contributed by atoms with van der Waals surface area (Å²) in [5, 5.41) is 0. The number of hydrogen-bond acceptors (Lipinski definition) is 3. The average molecular weight is 308 g/mol. The Labute approximate surface area is 138 Å². The molecule has 120 valence electrons. The lowest BCUT2D eigenvalue weighted by atomic mass is 9.80. The zero-order valence-corrected chi connectivity index (χ0v) is 14.2. The second-order valence-corrected chi connectivity index (χ2v) is 7.02. The molecular formula is C20H24N2O. The van der Waals surface area contributed by atoms with Crippen LogP contribution in [0.2, 0.25) is 0 Å². The molecule has 0 radical (unpaired) electrons. The van der Waals surface area contributed by atoms with Gasteiger partial charge in [0.05, 0.1) is 7.11 Å². The van der Waals surface area contributed by atoms with Gasteiger partial charge in [0, 0.05) is 29.9 Å². The minimum absolute atomic E-state index is 0.172. The third-order valence-corrected chi connectivity index (χ3v) is 5.61. The monoisotopic (exact) mass is 308 g/mol. The summed E-state index contributed by atoms with van der Waals surface area (Å²) in [5.41, 5.74) is 5.56. The number of fused-ring (bicyclic) bond motifs is 1. The highest BCUT2D eigenvalue weighted by molar-refractivity contribution is 5.48. The maximum atomic E-state index is 5.60. The molecular weight excluding hydrogens is 284 g/mol. The molecule has 1 saturated carbocycles. The summed E-state index contributed by atoms with van der Waals surface area (Å²) in [5.74, 6) is 1.00. The first-order valence-corrected chi connectivity index (χ1v) is 8.45. The summed E-state index contributed by atoms with van der Waals surface area (Å²) in [6.07, 6.45) is 5.48. The van der Waals surface area contributed by atoms with Gasteiger partial charge in [0.15, 0.2) is 0 Å². The highest BCUT2D eigenvalue weighted by Gasteiger charge is 2.55. The summed E-state index contributed by atoms with van der Waals surface area (Å²) in [6.45, 7) is 3.25. The number of likely N-dealkylation sites (N-methyl/N-ethyl adjacent to an activating group) is 1. The second kappa shape index (κ2) is 5.34. The van der Waals surface area contributed by atoms with Crippen molar-refractivity contribution in [1.29, 1.82) is 0 Å². The van der Waals surface area contributed by atoms with Gasteiger partial charge >= 0.3 is 0 Å². The third kappa shape index (κ3) is 2.26. The van der Waals surface area contributed by atoms with E-state index in [1.54, 1.807) is 7.11 Å². The van der Waals surface area contributed by atoms with Crippen LogP contribution in [0.3, 0.4) is 0 Å². The lowest BCUT2D eigenvalue weighted by Gasteiger charge is -2.40. The Morgan fingerprint density at radius 3 is 2.74 bits per heavy atom. The van der Waals surface area contributed by atoms with Crippen molar-refractivity contribution in [3.63, 3.8) is 0 Å². The van der Waals surface area contributed by atoms with E-state index in [2.05, 4.69) is 43.1 Å². The molecule has 1 aliphatic carbocycles. The fraction of sp³-hybridized carbons (Fsp3) is 0.450. The van der Waals surface area contributed by atoms with E-state index in [0.717, 1.165) is 18.7 Å². The van der Waals surface area contributed by atoms with Crippen LogP contribution in [0.4, 0.5) is 0 Å². The first-order chi connectivity index (χ1) is 11.2. The normalized spacial score (nSPS) is 22.5. The van der Waals surface area contributed by atoms with E-state index in [9.17, 15) is 0 Å². The third-order valence-electron chi connectivity index (χ3n) is 5.61. The quantitative estimate of drug-likeness (QED) is 0.865. The first kappa shape index (κ1) is 14.7. The largest absolute Gasteiger partial charge is 0.496 e. The minimum atomic E-state index is 0.172. The smallest absolute Gasteiger partial charge is 0.122 e. The number of pyridine rings is 1. The second-order valence-electron chi connectivity index (χ2n) is 7.02. The molecule has 1 atom stereocenters. The topological polar surface area (TPSA) is 25.4 Å². The Morgan fingerprint density at radius 1 is 1.26 bits per heavy atom. The lowest BCUT2D eigenvalue weighted by Crippen LogP contribution is -2.39. The molecule has 2 heterocycles. The van der Waals surface area contributed by atoms with Crippen LogP contribution in [-0.2, 0) is 11.8 Å². The maximum Gasteiger partial charge on any atom is 0.122 e. The van der Waals surface area contributed by atoms with Crippen molar-refractivity contribution < 1.29 is 4.74 Å². The van der Waals surface area contributed by atoms with Gasteiger partial charge in [-0.15, -0.1) is 0 Å². The van der Waals surface area contributed by atoms with Crippen molar-refractivity contribution in [2.24, 2.45) is 0 Å². The molecule has 4 rings (SSSR count). The van der Waals surface area contributed by atoms with E-state index in [1.807, 2.05) is 12.3 Å². The van der Waals surface area contributed by atoms with Gasteiger partial charge in [-0.1, -0.05) is 12.1 Å². The van der Waals surface area contributed by atoms with Gasteiger partial charge in [-0.05, 0) is 68.1 Å². The fourth-order valence-corrected chi connectivity index (χ4v) is 4.30.